The lowest BCUT2D eigenvalue weighted by Crippen LogP contribution is -2.58. The van der Waals surface area contributed by atoms with Gasteiger partial charge in [0.25, 0.3) is 0 Å². The lowest BCUT2D eigenvalue weighted by atomic mass is 10.0. The highest BCUT2D eigenvalue weighted by Crippen LogP contribution is 2.38. The molecule has 0 aromatic heterocycles. The topological polar surface area (TPSA) is 44.4 Å². The van der Waals surface area contributed by atoms with Gasteiger partial charge >= 0.3 is 0 Å². The van der Waals surface area contributed by atoms with E-state index in [1.807, 2.05) is 6.92 Å². The number of piperazine rings is 1. The van der Waals surface area contributed by atoms with Crippen LogP contribution in [0.15, 0.2) is 22.7 Å². The number of aryl methyl sites for hydroxylation is 1. The number of nitrogens with one attached hydrogen (secondary N) is 2. The molecule has 1 fully saturated rings. The molecule has 1 amide bonds. The van der Waals surface area contributed by atoms with E-state index in [0.29, 0.717) is 12.6 Å². The minimum Gasteiger partial charge on any atom is -0.355 e. The van der Waals surface area contributed by atoms with Gasteiger partial charge in [-0.2, -0.15) is 0 Å². The van der Waals surface area contributed by atoms with Gasteiger partial charge in [-0.3, -0.25) is 9.69 Å². The monoisotopic (exact) mass is 351 g/mol. The summed E-state index contributed by atoms with van der Waals surface area (Å²) >= 11 is 3.55. The molecule has 2 aliphatic rings. The number of benzene rings is 1. The standard InChI is InChI=1S/C16H22BrN3O/c1-2-19-16(21)15-10-18-7-8-20(15)14-6-3-11-9-12(17)4-5-13(11)14/h4-5,9,14-15,18H,2-3,6-8,10H2,1H3,(H,19,21). The summed E-state index contributed by atoms with van der Waals surface area (Å²) in [6.45, 7) is 5.30. The number of hydrogen-bond acceptors (Lipinski definition) is 3. The molecule has 1 heterocycles. The fourth-order valence-electron chi connectivity index (χ4n) is 3.54. The molecule has 1 aromatic rings. The van der Waals surface area contributed by atoms with Crippen LogP contribution in [0.2, 0.25) is 0 Å². The largest absolute Gasteiger partial charge is 0.355 e. The van der Waals surface area contributed by atoms with Crippen LogP contribution in [0.1, 0.15) is 30.5 Å². The highest BCUT2D eigenvalue weighted by atomic mass is 79.9. The number of amides is 1. The highest BCUT2D eigenvalue weighted by molar-refractivity contribution is 9.10. The number of likely N-dealkylation sites (N-methyl/N-ethyl adjacent to an activating group) is 1. The average molecular weight is 352 g/mol. The van der Waals surface area contributed by atoms with Crippen molar-refractivity contribution < 1.29 is 4.79 Å². The maximum absolute atomic E-state index is 12.3. The number of fused-ring (bicyclic) bond motifs is 1. The molecule has 21 heavy (non-hydrogen) atoms. The Morgan fingerprint density at radius 3 is 3.19 bits per heavy atom. The third-order valence-corrected chi connectivity index (χ3v) is 4.98. The van der Waals surface area contributed by atoms with E-state index in [1.54, 1.807) is 0 Å². The van der Waals surface area contributed by atoms with Crippen molar-refractivity contribution in [1.82, 2.24) is 15.5 Å². The van der Waals surface area contributed by atoms with Crippen molar-refractivity contribution in [2.24, 2.45) is 0 Å². The number of carbonyl (C=O) groups is 1. The van der Waals surface area contributed by atoms with Crippen LogP contribution in [0.4, 0.5) is 0 Å². The molecule has 1 saturated heterocycles. The summed E-state index contributed by atoms with van der Waals surface area (Å²) in [5.41, 5.74) is 2.82. The summed E-state index contributed by atoms with van der Waals surface area (Å²) in [5.74, 6) is 0.148. The Bertz CT molecular complexity index is 534. The fraction of sp³-hybridized carbons (Fsp3) is 0.562. The normalized spacial score (nSPS) is 25.6. The predicted molar refractivity (Wildman–Crippen MR) is 87.3 cm³/mol. The van der Waals surface area contributed by atoms with Crippen molar-refractivity contribution >= 4 is 21.8 Å². The van der Waals surface area contributed by atoms with E-state index < -0.39 is 0 Å². The molecule has 0 saturated carbocycles. The maximum atomic E-state index is 12.3. The number of carbonyl (C=O) groups excluding carboxylic acids is 1. The minimum atomic E-state index is -0.0571. The molecule has 0 bridgehead atoms. The lowest BCUT2D eigenvalue weighted by molar-refractivity contribution is -0.128. The Morgan fingerprint density at radius 2 is 2.38 bits per heavy atom. The molecule has 5 heteroatoms. The Kier molecular flexibility index (Phi) is 4.62. The number of hydrogen-bond donors (Lipinski definition) is 2. The third kappa shape index (κ3) is 3.00. The van der Waals surface area contributed by atoms with Gasteiger partial charge in [0, 0.05) is 36.7 Å². The van der Waals surface area contributed by atoms with Gasteiger partial charge in [0.15, 0.2) is 0 Å². The van der Waals surface area contributed by atoms with E-state index in [2.05, 4.69) is 49.7 Å². The van der Waals surface area contributed by atoms with Crippen LogP contribution >= 0.6 is 15.9 Å². The van der Waals surface area contributed by atoms with E-state index in [1.165, 1.54) is 11.1 Å². The lowest BCUT2D eigenvalue weighted by Gasteiger charge is -2.39. The molecule has 0 radical (unpaired) electrons. The highest BCUT2D eigenvalue weighted by Gasteiger charge is 2.36. The van der Waals surface area contributed by atoms with E-state index >= 15 is 0 Å². The number of nitrogens with zero attached hydrogens (tertiary/aromatic N) is 1. The summed E-state index contributed by atoms with van der Waals surface area (Å²) in [6, 6.07) is 6.87. The summed E-state index contributed by atoms with van der Waals surface area (Å²) in [6.07, 6.45) is 2.22. The summed E-state index contributed by atoms with van der Waals surface area (Å²) in [5, 5.41) is 6.32. The quantitative estimate of drug-likeness (QED) is 0.873. The molecule has 2 unspecified atom stereocenters. The van der Waals surface area contributed by atoms with Crippen molar-refractivity contribution in [2.45, 2.75) is 31.8 Å². The molecule has 4 nitrogen and oxygen atoms in total. The first kappa shape index (κ1) is 15.0. The fourth-order valence-corrected chi connectivity index (χ4v) is 3.95. The van der Waals surface area contributed by atoms with Crippen molar-refractivity contribution in [3.63, 3.8) is 0 Å². The van der Waals surface area contributed by atoms with Crippen molar-refractivity contribution in [3.8, 4) is 0 Å². The second-order valence-corrected chi connectivity index (χ2v) is 6.67. The zero-order valence-corrected chi connectivity index (χ0v) is 13.9. The van der Waals surface area contributed by atoms with Crippen LogP contribution in [-0.4, -0.2) is 43.0 Å². The Morgan fingerprint density at radius 1 is 1.52 bits per heavy atom. The zero-order valence-electron chi connectivity index (χ0n) is 12.4. The Labute approximate surface area is 134 Å². The molecule has 2 atom stereocenters. The second-order valence-electron chi connectivity index (χ2n) is 5.75. The van der Waals surface area contributed by atoms with E-state index in [4.69, 9.17) is 0 Å². The molecule has 2 N–H and O–H groups in total. The van der Waals surface area contributed by atoms with Crippen LogP contribution in [0.3, 0.4) is 0 Å². The predicted octanol–water partition coefficient (Wildman–Crippen LogP) is 1.85. The Hall–Kier alpha value is -0.910. The third-order valence-electron chi connectivity index (χ3n) is 4.49. The molecule has 1 aliphatic carbocycles. The summed E-state index contributed by atoms with van der Waals surface area (Å²) in [7, 11) is 0. The first-order chi connectivity index (χ1) is 10.2. The van der Waals surface area contributed by atoms with Gasteiger partial charge in [0.05, 0.1) is 0 Å². The smallest absolute Gasteiger partial charge is 0.238 e. The SMILES string of the molecule is CCNC(=O)C1CNCCN1C1CCc2cc(Br)ccc21. The van der Waals surface area contributed by atoms with Gasteiger partial charge in [0.2, 0.25) is 5.91 Å². The van der Waals surface area contributed by atoms with Crippen molar-refractivity contribution in [2.75, 3.05) is 26.2 Å². The summed E-state index contributed by atoms with van der Waals surface area (Å²) in [4.78, 5) is 14.7. The van der Waals surface area contributed by atoms with Gasteiger partial charge in [0.1, 0.15) is 6.04 Å². The van der Waals surface area contributed by atoms with E-state index in [-0.39, 0.29) is 11.9 Å². The molecule has 114 valence electrons. The van der Waals surface area contributed by atoms with Crippen molar-refractivity contribution in [3.05, 3.63) is 33.8 Å². The number of halogens is 1. The van der Waals surface area contributed by atoms with Crippen LogP contribution in [0.25, 0.3) is 0 Å². The minimum absolute atomic E-state index is 0.0571. The first-order valence-electron chi connectivity index (χ1n) is 7.73. The zero-order chi connectivity index (χ0) is 14.8. The van der Waals surface area contributed by atoms with Crippen LogP contribution in [-0.2, 0) is 11.2 Å². The maximum Gasteiger partial charge on any atom is 0.238 e. The van der Waals surface area contributed by atoms with E-state index in [9.17, 15) is 4.79 Å². The van der Waals surface area contributed by atoms with E-state index in [0.717, 1.165) is 36.9 Å². The van der Waals surface area contributed by atoms with Gasteiger partial charge < -0.3 is 10.6 Å². The van der Waals surface area contributed by atoms with Crippen LogP contribution in [0, 0.1) is 0 Å². The molecular weight excluding hydrogens is 330 g/mol. The van der Waals surface area contributed by atoms with Crippen LogP contribution < -0.4 is 10.6 Å². The Balaban J connectivity index is 1.84. The van der Waals surface area contributed by atoms with Gasteiger partial charge in [-0.05, 0) is 43.0 Å². The number of rotatable bonds is 3. The molecule has 3 rings (SSSR count). The van der Waals surface area contributed by atoms with Gasteiger partial charge in [-0.1, -0.05) is 22.0 Å². The second kappa shape index (κ2) is 6.46. The van der Waals surface area contributed by atoms with Gasteiger partial charge in [-0.25, -0.2) is 0 Å². The average Bonchev–Trinajstić information content (AvgIpc) is 2.90. The molecule has 0 spiro atoms. The first-order valence-corrected chi connectivity index (χ1v) is 8.52. The molecule has 1 aromatic carbocycles. The summed E-state index contributed by atoms with van der Waals surface area (Å²) < 4.78 is 1.14. The van der Waals surface area contributed by atoms with Gasteiger partial charge in [-0.15, -0.1) is 0 Å². The van der Waals surface area contributed by atoms with Crippen molar-refractivity contribution in [1.29, 1.82) is 0 Å². The molecular formula is C16H22BrN3O. The van der Waals surface area contributed by atoms with Crippen LogP contribution in [0.5, 0.6) is 0 Å². The molecule has 1 aliphatic heterocycles.